The van der Waals surface area contributed by atoms with Crippen molar-refractivity contribution >= 4 is 10.9 Å². The highest BCUT2D eigenvalue weighted by Crippen LogP contribution is 2.16. The van der Waals surface area contributed by atoms with Gasteiger partial charge in [-0.25, -0.2) is 0 Å². The standard InChI is InChI=1S/C10H13N3/c1-7-2-3-8-9(4-5-11)12-13-10(8)6-7/h2-3,6H,4-5,11H2,1H3,(H,12,13). The second-order valence-electron chi connectivity index (χ2n) is 3.26. The number of H-pyrrole nitrogens is 1. The summed E-state index contributed by atoms with van der Waals surface area (Å²) in [7, 11) is 0. The quantitative estimate of drug-likeness (QED) is 0.724. The second-order valence-corrected chi connectivity index (χ2v) is 3.26. The van der Waals surface area contributed by atoms with Crippen molar-refractivity contribution in [2.45, 2.75) is 13.3 Å². The molecule has 2 aromatic rings. The number of fused-ring (bicyclic) bond motifs is 1. The van der Waals surface area contributed by atoms with Crippen molar-refractivity contribution in [1.82, 2.24) is 10.2 Å². The highest BCUT2D eigenvalue weighted by atomic mass is 15.1. The predicted octanol–water partition coefficient (Wildman–Crippen LogP) is 1.37. The van der Waals surface area contributed by atoms with E-state index in [0.717, 1.165) is 17.6 Å². The van der Waals surface area contributed by atoms with Crippen LogP contribution in [0.3, 0.4) is 0 Å². The van der Waals surface area contributed by atoms with Crippen molar-refractivity contribution in [1.29, 1.82) is 0 Å². The monoisotopic (exact) mass is 175 g/mol. The van der Waals surface area contributed by atoms with Gasteiger partial charge in [-0.15, -0.1) is 0 Å². The van der Waals surface area contributed by atoms with Crippen LogP contribution < -0.4 is 5.73 Å². The average molecular weight is 175 g/mol. The minimum Gasteiger partial charge on any atom is -0.330 e. The summed E-state index contributed by atoms with van der Waals surface area (Å²) < 4.78 is 0. The molecule has 0 spiro atoms. The van der Waals surface area contributed by atoms with E-state index >= 15 is 0 Å². The zero-order chi connectivity index (χ0) is 9.26. The fourth-order valence-corrected chi connectivity index (χ4v) is 1.51. The van der Waals surface area contributed by atoms with Gasteiger partial charge in [0.2, 0.25) is 0 Å². The van der Waals surface area contributed by atoms with Gasteiger partial charge in [0.1, 0.15) is 0 Å². The molecule has 0 aliphatic rings. The second kappa shape index (κ2) is 3.18. The zero-order valence-electron chi connectivity index (χ0n) is 7.67. The van der Waals surface area contributed by atoms with Crippen molar-refractivity contribution in [3.8, 4) is 0 Å². The number of benzene rings is 1. The molecule has 0 unspecified atom stereocenters. The summed E-state index contributed by atoms with van der Waals surface area (Å²) in [4.78, 5) is 0. The maximum atomic E-state index is 5.49. The molecular formula is C10H13N3. The number of hydrogen-bond donors (Lipinski definition) is 2. The van der Waals surface area contributed by atoms with Gasteiger partial charge < -0.3 is 5.73 Å². The first-order valence-corrected chi connectivity index (χ1v) is 4.45. The Bertz CT molecular complexity index is 417. The Labute approximate surface area is 76.9 Å². The Hall–Kier alpha value is -1.35. The highest BCUT2D eigenvalue weighted by Gasteiger charge is 2.03. The molecule has 1 aromatic carbocycles. The first-order chi connectivity index (χ1) is 6.31. The largest absolute Gasteiger partial charge is 0.330 e. The van der Waals surface area contributed by atoms with Crippen LogP contribution in [0.2, 0.25) is 0 Å². The maximum Gasteiger partial charge on any atom is 0.0926 e. The molecule has 0 atom stereocenters. The van der Waals surface area contributed by atoms with Gasteiger partial charge in [0.05, 0.1) is 5.52 Å². The lowest BCUT2D eigenvalue weighted by Gasteiger charge is -1.94. The Kier molecular flexibility index (Phi) is 2.02. The number of nitrogens with two attached hydrogens (primary N) is 1. The number of hydrogen-bond acceptors (Lipinski definition) is 2. The van der Waals surface area contributed by atoms with Crippen LogP contribution in [-0.4, -0.2) is 16.7 Å². The van der Waals surface area contributed by atoms with E-state index in [0.29, 0.717) is 6.54 Å². The van der Waals surface area contributed by atoms with Crippen LogP contribution in [0, 0.1) is 6.92 Å². The van der Waals surface area contributed by atoms with E-state index in [9.17, 15) is 0 Å². The molecule has 3 nitrogen and oxygen atoms in total. The molecule has 0 saturated heterocycles. The summed E-state index contributed by atoms with van der Waals surface area (Å²) in [6.45, 7) is 2.72. The van der Waals surface area contributed by atoms with E-state index in [-0.39, 0.29) is 0 Å². The Morgan fingerprint density at radius 2 is 2.31 bits per heavy atom. The molecule has 0 saturated carbocycles. The van der Waals surface area contributed by atoms with Gasteiger partial charge in [-0.3, -0.25) is 5.10 Å². The summed E-state index contributed by atoms with van der Waals surface area (Å²) in [6.07, 6.45) is 0.861. The third-order valence-corrected chi connectivity index (χ3v) is 2.18. The van der Waals surface area contributed by atoms with Crippen LogP contribution >= 0.6 is 0 Å². The van der Waals surface area contributed by atoms with Crippen molar-refractivity contribution in [3.63, 3.8) is 0 Å². The highest BCUT2D eigenvalue weighted by molar-refractivity contribution is 5.81. The lowest BCUT2D eigenvalue weighted by molar-refractivity contribution is 0.909. The summed E-state index contributed by atoms with van der Waals surface area (Å²) in [6, 6.07) is 6.27. The molecular weight excluding hydrogens is 162 g/mol. The molecule has 1 aromatic heterocycles. The molecule has 1 heterocycles. The molecule has 0 amide bonds. The molecule has 13 heavy (non-hydrogen) atoms. The van der Waals surface area contributed by atoms with Crippen LogP contribution in [0.1, 0.15) is 11.3 Å². The van der Waals surface area contributed by atoms with Crippen LogP contribution in [0.4, 0.5) is 0 Å². The van der Waals surface area contributed by atoms with Gasteiger partial charge in [-0.05, 0) is 25.1 Å². The molecule has 3 N–H and O–H groups in total. The van der Waals surface area contributed by atoms with Gasteiger partial charge in [0.15, 0.2) is 0 Å². The number of nitrogens with zero attached hydrogens (tertiary/aromatic N) is 1. The van der Waals surface area contributed by atoms with E-state index in [1.54, 1.807) is 0 Å². The summed E-state index contributed by atoms with van der Waals surface area (Å²) in [5, 5.41) is 8.42. The van der Waals surface area contributed by atoms with Crippen LogP contribution in [0.5, 0.6) is 0 Å². The lowest BCUT2D eigenvalue weighted by Crippen LogP contribution is -2.03. The Morgan fingerprint density at radius 1 is 1.46 bits per heavy atom. The number of rotatable bonds is 2. The molecule has 68 valence electrons. The van der Waals surface area contributed by atoms with E-state index in [4.69, 9.17) is 5.73 Å². The number of aromatic amines is 1. The summed E-state index contributed by atoms with van der Waals surface area (Å²) >= 11 is 0. The predicted molar refractivity (Wildman–Crippen MR) is 53.6 cm³/mol. The molecule has 0 radical (unpaired) electrons. The van der Waals surface area contributed by atoms with E-state index in [2.05, 4.69) is 35.3 Å². The normalized spacial score (nSPS) is 10.9. The van der Waals surface area contributed by atoms with Gasteiger partial charge in [0.25, 0.3) is 0 Å². The van der Waals surface area contributed by atoms with Crippen LogP contribution in [-0.2, 0) is 6.42 Å². The molecule has 0 fully saturated rings. The molecule has 0 aliphatic carbocycles. The minimum absolute atomic E-state index is 0.658. The third kappa shape index (κ3) is 1.42. The third-order valence-electron chi connectivity index (χ3n) is 2.18. The summed E-state index contributed by atoms with van der Waals surface area (Å²) in [5.74, 6) is 0. The molecule has 2 rings (SSSR count). The van der Waals surface area contributed by atoms with Crippen LogP contribution in [0.25, 0.3) is 10.9 Å². The SMILES string of the molecule is Cc1ccc2c(CCN)[nH]nc2c1. The summed E-state index contributed by atoms with van der Waals surface area (Å²) in [5.41, 5.74) is 8.89. The minimum atomic E-state index is 0.658. The van der Waals surface area contributed by atoms with Gasteiger partial charge in [-0.2, -0.15) is 5.10 Å². The van der Waals surface area contributed by atoms with Crippen molar-refractivity contribution in [2.24, 2.45) is 5.73 Å². The fraction of sp³-hybridized carbons (Fsp3) is 0.300. The smallest absolute Gasteiger partial charge is 0.0926 e. The molecule has 0 aliphatic heterocycles. The van der Waals surface area contributed by atoms with Crippen molar-refractivity contribution in [3.05, 3.63) is 29.5 Å². The first-order valence-electron chi connectivity index (χ1n) is 4.45. The number of nitrogens with one attached hydrogen (secondary N) is 1. The van der Waals surface area contributed by atoms with E-state index in [1.165, 1.54) is 10.9 Å². The Balaban J connectivity index is 2.55. The van der Waals surface area contributed by atoms with E-state index < -0.39 is 0 Å². The number of aryl methyl sites for hydroxylation is 1. The van der Waals surface area contributed by atoms with E-state index in [1.807, 2.05) is 0 Å². The molecule has 3 heteroatoms. The Morgan fingerprint density at radius 3 is 3.08 bits per heavy atom. The fourth-order valence-electron chi connectivity index (χ4n) is 1.51. The lowest BCUT2D eigenvalue weighted by atomic mass is 10.1. The topological polar surface area (TPSA) is 54.7 Å². The maximum absolute atomic E-state index is 5.49. The first kappa shape index (κ1) is 8.26. The van der Waals surface area contributed by atoms with Gasteiger partial charge in [-0.1, -0.05) is 12.1 Å². The average Bonchev–Trinajstić information content (AvgIpc) is 2.49. The zero-order valence-corrected chi connectivity index (χ0v) is 7.67. The van der Waals surface area contributed by atoms with Gasteiger partial charge >= 0.3 is 0 Å². The molecule has 0 bridgehead atoms. The van der Waals surface area contributed by atoms with Crippen LogP contribution in [0.15, 0.2) is 18.2 Å². The number of aromatic nitrogens is 2. The van der Waals surface area contributed by atoms with Crippen molar-refractivity contribution < 1.29 is 0 Å². The van der Waals surface area contributed by atoms with Crippen molar-refractivity contribution in [2.75, 3.05) is 6.54 Å². The van der Waals surface area contributed by atoms with Gasteiger partial charge in [0, 0.05) is 17.5 Å².